The highest BCUT2D eigenvalue weighted by Crippen LogP contribution is 2.33. The molecular formula is C20H32O5. The van der Waals surface area contributed by atoms with Crippen molar-refractivity contribution in [3.05, 3.63) is 24.3 Å². The van der Waals surface area contributed by atoms with Gasteiger partial charge in [0.1, 0.15) is 5.78 Å². The predicted molar refractivity (Wildman–Crippen MR) is 97.1 cm³/mol. The molecule has 0 heterocycles. The van der Waals surface area contributed by atoms with E-state index >= 15 is 0 Å². The van der Waals surface area contributed by atoms with Crippen LogP contribution in [0.3, 0.4) is 0 Å². The topological polar surface area (TPSA) is 94.8 Å². The summed E-state index contributed by atoms with van der Waals surface area (Å²) in [5.41, 5.74) is 0. The first-order valence-electron chi connectivity index (χ1n) is 9.39. The summed E-state index contributed by atoms with van der Waals surface area (Å²) >= 11 is 0. The lowest BCUT2D eigenvalue weighted by molar-refractivity contribution is -0.137. The molecule has 0 aromatic heterocycles. The SMILES string of the molecule is CCCCC[C@H](O)/C=C/[C@H]1[C@H](O)CC(=O)[C@H]1C/C=C\CCCC(=O)O. The maximum Gasteiger partial charge on any atom is 0.303 e. The fourth-order valence-electron chi connectivity index (χ4n) is 3.22. The molecule has 0 aromatic carbocycles. The molecule has 5 heteroatoms. The Bertz CT molecular complexity index is 469. The summed E-state index contributed by atoms with van der Waals surface area (Å²) in [5, 5.41) is 28.7. The van der Waals surface area contributed by atoms with E-state index in [1.807, 2.05) is 12.2 Å². The Morgan fingerprint density at radius 1 is 1.28 bits per heavy atom. The van der Waals surface area contributed by atoms with Crippen LogP contribution in [0.2, 0.25) is 0 Å². The molecule has 25 heavy (non-hydrogen) atoms. The second-order valence-corrected chi connectivity index (χ2v) is 6.86. The Morgan fingerprint density at radius 2 is 2.04 bits per heavy atom. The van der Waals surface area contributed by atoms with Crippen LogP contribution in [0.1, 0.15) is 64.7 Å². The van der Waals surface area contributed by atoms with Crippen LogP contribution in [0.25, 0.3) is 0 Å². The Hall–Kier alpha value is -1.46. The van der Waals surface area contributed by atoms with Gasteiger partial charge < -0.3 is 15.3 Å². The van der Waals surface area contributed by atoms with Gasteiger partial charge >= 0.3 is 5.97 Å². The van der Waals surface area contributed by atoms with Gasteiger partial charge in [0.25, 0.3) is 0 Å². The fraction of sp³-hybridized carbons (Fsp3) is 0.700. The Morgan fingerprint density at radius 3 is 2.72 bits per heavy atom. The number of carbonyl (C=O) groups excluding carboxylic acids is 1. The molecule has 0 radical (unpaired) electrons. The molecular weight excluding hydrogens is 320 g/mol. The van der Waals surface area contributed by atoms with Gasteiger partial charge in [0.2, 0.25) is 0 Å². The van der Waals surface area contributed by atoms with Crippen molar-refractivity contribution in [1.29, 1.82) is 0 Å². The quantitative estimate of drug-likeness (QED) is 0.370. The summed E-state index contributed by atoms with van der Waals surface area (Å²) in [6, 6.07) is 0. The summed E-state index contributed by atoms with van der Waals surface area (Å²) in [6.07, 6.45) is 12.1. The van der Waals surface area contributed by atoms with Crippen LogP contribution in [0.4, 0.5) is 0 Å². The van der Waals surface area contributed by atoms with Crippen molar-refractivity contribution in [2.75, 3.05) is 0 Å². The van der Waals surface area contributed by atoms with Crippen LogP contribution in [0, 0.1) is 11.8 Å². The number of unbranched alkanes of at least 4 members (excludes halogenated alkanes) is 3. The number of hydrogen-bond acceptors (Lipinski definition) is 4. The molecule has 1 saturated carbocycles. The van der Waals surface area contributed by atoms with Crippen LogP contribution in [0.5, 0.6) is 0 Å². The number of carbonyl (C=O) groups is 2. The highest BCUT2D eigenvalue weighted by Gasteiger charge is 2.39. The highest BCUT2D eigenvalue weighted by molar-refractivity contribution is 5.84. The molecule has 1 rings (SSSR count). The third-order valence-electron chi connectivity index (χ3n) is 4.71. The molecule has 4 atom stereocenters. The molecule has 3 N–H and O–H groups in total. The Balaban J connectivity index is 2.48. The predicted octanol–water partition coefficient (Wildman–Crippen LogP) is 3.25. The van der Waals surface area contributed by atoms with E-state index in [0.717, 1.165) is 19.3 Å². The first-order valence-corrected chi connectivity index (χ1v) is 9.39. The molecule has 0 aliphatic heterocycles. The first kappa shape index (κ1) is 21.6. The minimum absolute atomic E-state index is 0.0535. The van der Waals surface area contributed by atoms with Gasteiger partial charge in [0.15, 0.2) is 0 Å². The number of allylic oxidation sites excluding steroid dienone is 2. The van der Waals surface area contributed by atoms with Gasteiger partial charge in [-0.2, -0.15) is 0 Å². The molecule has 0 amide bonds. The van der Waals surface area contributed by atoms with Gasteiger partial charge in [0, 0.05) is 24.7 Å². The van der Waals surface area contributed by atoms with E-state index in [4.69, 9.17) is 5.11 Å². The largest absolute Gasteiger partial charge is 0.481 e. The summed E-state index contributed by atoms with van der Waals surface area (Å²) in [5.74, 6) is -1.26. The summed E-state index contributed by atoms with van der Waals surface area (Å²) < 4.78 is 0. The number of aliphatic hydroxyl groups is 2. The zero-order chi connectivity index (χ0) is 18.7. The average Bonchev–Trinajstić information content (AvgIpc) is 2.82. The van der Waals surface area contributed by atoms with Gasteiger partial charge in [-0.1, -0.05) is 50.5 Å². The number of rotatable bonds is 12. The Labute approximate surface area is 150 Å². The molecule has 0 aromatic rings. The normalized spacial score (nSPS) is 25.2. The van der Waals surface area contributed by atoms with Gasteiger partial charge in [-0.25, -0.2) is 0 Å². The van der Waals surface area contributed by atoms with E-state index in [1.165, 1.54) is 0 Å². The number of carboxylic acid groups (broad SMARTS) is 1. The smallest absolute Gasteiger partial charge is 0.303 e. The maximum absolute atomic E-state index is 12.1. The van der Waals surface area contributed by atoms with E-state index in [2.05, 4.69) is 6.92 Å². The average molecular weight is 352 g/mol. The number of aliphatic carboxylic acids is 1. The van der Waals surface area contributed by atoms with Crippen molar-refractivity contribution in [2.24, 2.45) is 11.8 Å². The van der Waals surface area contributed by atoms with Crippen LogP contribution in [-0.2, 0) is 9.59 Å². The van der Waals surface area contributed by atoms with Crippen LogP contribution < -0.4 is 0 Å². The maximum atomic E-state index is 12.1. The van der Waals surface area contributed by atoms with Crippen molar-refractivity contribution in [3.8, 4) is 0 Å². The van der Waals surface area contributed by atoms with Crippen LogP contribution >= 0.6 is 0 Å². The minimum Gasteiger partial charge on any atom is -0.481 e. The van der Waals surface area contributed by atoms with Crippen molar-refractivity contribution in [3.63, 3.8) is 0 Å². The molecule has 1 fully saturated rings. The number of hydrogen-bond donors (Lipinski definition) is 3. The zero-order valence-corrected chi connectivity index (χ0v) is 15.1. The van der Waals surface area contributed by atoms with Crippen molar-refractivity contribution in [2.45, 2.75) is 76.9 Å². The number of carboxylic acids is 1. The van der Waals surface area contributed by atoms with Gasteiger partial charge in [-0.05, 0) is 25.7 Å². The molecule has 0 unspecified atom stereocenters. The van der Waals surface area contributed by atoms with Crippen LogP contribution in [-0.4, -0.2) is 39.3 Å². The number of aliphatic hydroxyl groups excluding tert-OH is 2. The molecule has 1 aliphatic carbocycles. The molecule has 1 aliphatic rings. The van der Waals surface area contributed by atoms with Crippen molar-refractivity contribution in [1.82, 2.24) is 0 Å². The number of Topliss-reactive ketones (excluding diaryl/α,β-unsaturated/α-hetero) is 1. The molecule has 5 nitrogen and oxygen atoms in total. The minimum atomic E-state index is -0.801. The van der Waals surface area contributed by atoms with E-state index in [9.17, 15) is 19.8 Å². The highest BCUT2D eigenvalue weighted by atomic mass is 16.4. The lowest BCUT2D eigenvalue weighted by atomic mass is 9.90. The molecule has 0 saturated heterocycles. The van der Waals surface area contributed by atoms with E-state index in [1.54, 1.807) is 12.2 Å². The second kappa shape index (κ2) is 12.0. The second-order valence-electron chi connectivity index (χ2n) is 6.86. The lowest BCUT2D eigenvalue weighted by Gasteiger charge is -2.16. The van der Waals surface area contributed by atoms with Gasteiger partial charge in [-0.15, -0.1) is 0 Å². The standard InChI is InChI=1S/C20H32O5/c1-2-3-6-9-15(21)12-13-17-16(18(22)14-19(17)23)10-7-4-5-8-11-20(24)25/h4,7,12-13,15-17,19,21,23H,2-3,5-6,8-11,14H2,1H3,(H,24,25)/b7-4-,13-12+/t15-,16-,17+,19+/m0/s1. The molecule has 0 spiro atoms. The molecule has 0 bridgehead atoms. The fourth-order valence-corrected chi connectivity index (χ4v) is 3.22. The van der Waals surface area contributed by atoms with E-state index in [0.29, 0.717) is 25.7 Å². The summed E-state index contributed by atoms with van der Waals surface area (Å²) in [6.45, 7) is 2.11. The van der Waals surface area contributed by atoms with Gasteiger partial charge in [-0.3, -0.25) is 9.59 Å². The number of ketones is 1. The van der Waals surface area contributed by atoms with Crippen LogP contribution in [0.15, 0.2) is 24.3 Å². The monoisotopic (exact) mass is 352 g/mol. The zero-order valence-electron chi connectivity index (χ0n) is 15.1. The molecule has 142 valence electrons. The van der Waals surface area contributed by atoms with E-state index < -0.39 is 18.2 Å². The third-order valence-corrected chi connectivity index (χ3v) is 4.71. The third kappa shape index (κ3) is 8.45. The van der Waals surface area contributed by atoms with E-state index in [-0.39, 0.29) is 30.5 Å². The first-order chi connectivity index (χ1) is 12.0. The van der Waals surface area contributed by atoms with Gasteiger partial charge in [0.05, 0.1) is 12.2 Å². The summed E-state index contributed by atoms with van der Waals surface area (Å²) in [7, 11) is 0. The Kier molecular flexibility index (Phi) is 10.3. The van der Waals surface area contributed by atoms with Crippen molar-refractivity contribution >= 4 is 11.8 Å². The summed E-state index contributed by atoms with van der Waals surface area (Å²) in [4.78, 5) is 22.5. The lowest BCUT2D eigenvalue weighted by Crippen LogP contribution is -2.18. The van der Waals surface area contributed by atoms with Crippen molar-refractivity contribution < 1.29 is 24.9 Å².